The zero-order chi connectivity index (χ0) is 17.6. The second-order valence-electron chi connectivity index (χ2n) is 5.89. The molecular weight excluding hydrogens is 310 g/mol. The van der Waals surface area contributed by atoms with Gasteiger partial charge in [-0.1, -0.05) is 19.1 Å². The number of rotatable bonds is 6. The maximum Gasteiger partial charge on any atom is 0.159 e. The van der Waals surface area contributed by atoms with Crippen LogP contribution in [0, 0.1) is 6.92 Å². The SMILES string of the molecule is CCc1cccc(NC)c1COc1ccc(-c2ncccn2)cc1C. The Morgan fingerprint density at radius 2 is 1.84 bits per heavy atom. The minimum Gasteiger partial charge on any atom is -0.489 e. The monoisotopic (exact) mass is 333 g/mol. The molecule has 0 bridgehead atoms. The molecule has 128 valence electrons. The molecule has 0 aliphatic rings. The van der Waals surface area contributed by atoms with E-state index in [9.17, 15) is 0 Å². The smallest absolute Gasteiger partial charge is 0.159 e. The van der Waals surface area contributed by atoms with Crippen molar-refractivity contribution in [3.8, 4) is 17.1 Å². The number of ether oxygens (including phenoxy) is 1. The molecule has 4 heteroatoms. The van der Waals surface area contributed by atoms with E-state index < -0.39 is 0 Å². The van der Waals surface area contributed by atoms with Gasteiger partial charge in [0.1, 0.15) is 12.4 Å². The van der Waals surface area contributed by atoms with E-state index >= 15 is 0 Å². The Morgan fingerprint density at radius 3 is 2.52 bits per heavy atom. The summed E-state index contributed by atoms with van der Waals surface area (Å²) in [6.45, 7) is 4.76. The van der Waals surface area contributed by atoms with E-state index in [1.165, 1.54) is 11.1 Å². The van der Waals surface area contributed by atoms with Gasteiger partial charge < -0.3 is 10.1 Å². The van der Waals surface area contributed by atoms with Gasteiger partial charge in [0, 0.05) is 36.3 Å². The third-order valence-electron chi connectivity index (χ3n) is 4.29. The van der Waals surface area contributed by atoms with Crippen molar-refractivity contribution >= 4 is 5.69 Å². The number of hydrogen-bond donors (Lipinski definition) is 1. The summed E-state index contributed by atoms with van der Waals surface area (Å²) < 4.78 is 6.12. The molecule has 0 amide bonds. The number of anilines is 1. The van der Waals surface area contributed by atoms with E-state index in [1.54, 1.807) is 12.4 Å². The van der Waals surface area contributed by atoms with Crippen LogP contribution in [0.2, 0.25) is 0 Å². The van der Waals surface area contributed by atoms with Crippen molar-refractivity contribution in [3.05, 3.63) is 71.5 Å². The van der Waals surface area contributed by atoms with Gasteiger partial charge in [0.15, 0.2) is 5.82 Å². The van der Waals surface area contributed by atoms with Crippen molar-refractivity contribution in [2.75, 3.05) is 12.4 Å². The lowest BCUT2D eigenvalue weighted by Crippen LogP contribution is -2.05. The minimum atomic E-state index is 0.544. The van der Waals surface area contributed by atoms with Gasteiger partial charge in [-0.25, -0.2) is 9.97 Å². The highest BCUT2D eigenvalue weighted by Crippen LogP contribution is 2.27. The summed E-state index contributed by atoms with van der Waals surface area (Å²) in [5.41, 5.74) is 5.70. The van der Waals surface area contributed by atoms with Crippen molar-refractivity contribution in [3.63, 3.8) is 0 Å². The second-order valence-corrected chi connectivity index (χ2v) is 5.89. The van der Waals surface area contributed by atoms with E-state index in [2.05, 4.69) is 46.5 Å². The van der Waals surface area contributed by atoms with Crippen LogP contribution in [0.3, 0.4) is 0 Å². The number of nitrogens with zero attached hydrogens (tertiary/aromatic N) is 2. The van der Waals surface area contributed by atoms with Gasteiger partial charge in [0.2, 0.25) is 0 Å². The van der Waals surface area contributed by atoms with Crippen LogP contribution in [0.15, 0.2) is 54.9 Å². The van der Waals surface area contributed by atoms with Gasteiger partial charge in [-0.15, -0.1) is 0 Å². The lowest BCUT2D eigenvalue weighted by molar-refractivity contribution is 0.303. The Balaban J connectivity index is 1.81. The molecule has 0 unspecified atom stereocenters. The van der Waals surface area contributed by atoms with Crippen molar-refractivity contribution < 1.29 is 4.74 Å². The van der Waals surface area contributed by atoms with E-state index in [-0.39, 0.29) is 0 Å². The molecule has 0 aliphatic heterocycles. The summed E-state index contributed by atoms with van der Waals surface area (Å²) in [6, 6.07) is 14.2. The number of aryl methyl sites for hydroxylation is 2. The predicted molar refractivity (Wildman–Crippen MR) is 102 cm³/mol. The highest BCUT2D eigenvalue weighted by atomic mass is 16.5. The first-order chi connectivity index (χ1) is 12.2. The molecule has 0 saturated carbocycles. The molecule has 3 rings (SSSR count). The van der Waals surface area contributed by atoms with Crippen LogP contribution in [0.1, 0.15) is 23.6 Å². The molecule has 1 aromatic heterocycles. The van der Waals surface area contributed by atoms with Gasteiger partial charge >= 0.3 is 0 Å². The first kappa shape index (κ1) is 17.0. The van der Waals surface area contributed by atoms with Crippen molar-refractivity contribution in [1.82, 2.24) is 9.97 Å². The third-order valence-corrected chi connectivity index (χ3v) is 4.29. The van der Waals surface area contributed by atoms with Gasteiger partial charge in [0.25, 0.3) is 0 Å². The largest absolute Gasteiger partial charge is 0.489 e. The summed E-state index contributed by atoms with van der Waals surface area (Å²) in [5, 5.41) is 3.26. The molecule has 0 aliphatic carbocycles. The summed E-state index contributed by atoms with van der Waals surface area (Å²) in [4.78, 5) is 8.60. The quantitative estimate of drug-likeness (QED) is 0.714. The highest BCUT2D eigenvalue weighted by molar-refractivity contribution is 5.58. The highest BCUT2D eigenvalue weighted by Gasteiger charge is 2.09. The van der Waals surface area contributed by atoms with Crippen LogP contribution in [-0.2, 0) is 13.0 Å². The number of nitrogens with one attached hydrogen (secondary N) is 1. The first-order valence-corrected chi connectivity index (χ1v) is 8.52. The second kappa shape index (κ2) is 7.79. The van der Waals surface area contributed by atoms with E-state index in [0.29, 0.717) is 6.61 Å². The molecular formula is C21H23N3O. The average molecular weight is 333 g/mol. The predicted octanol–water partition coefficient (Wildman–Crippen LogP) is 4.64. The Labute approximate surface area is 148 Å². The normalized spacial score (nSPS) is 10.5. The molecule has 25 heavy (non-hydrogen) atoms. The van der Waals surface area contributed by atoms with Crippen molar-refractivity contribution in [2.45, 2.75) is 26.9 Å². The zero-order valence-corrected chi connectivity index (χ0v) is 14.9. The van der Waals surface area contributed by atoms with Crippen molar-refractivity contribution in [1.29, 1.82) is 0 Å². The van der Waals surface area contributed by atoms with Crippen LogP contribution in [0.25, 0.3) is 11.4 Å². The van der Waals surface area contributed by atoms with Gasteiger partial charge in [-0.3, -0.25) is 0 Å². The van der Waals surface area contributed by atoms with Crippen LogP contribution >= 0.6 is 0 Å². The van der Waals surface area contributed by atoms with E-state index in [4.69, 9.17) is 4.74 Å². The first-order valence-electron chi connectivity index (χ1n) is 8.52. The molecule has 0 radical (unpaired) electrons. The standard InChI is InChI=1S/C21H23N3O/c1-4-16-7-5-8-19(22-3)18(16)14-25-20-10-9-17(13-15(20)2)21-23-11-6-12-24-21/h5-13,22H,4,14H2,1-3H3. The van der Waals surface area contributed by atoms with Gasteiger partial charge in [-0.05, 0) is 54.8 Å². The van der Waals surface area contributed by atoms with Gasteiger partial charge in [0.05, 0.1) is 0 Å². The topological polar surface area (TPSA) is 47.0 Å². The van der Waals surface area contributed by atoms with Crippen LogP contribution in [0.4, 0.5) is 5.69 Å². The fraction of sp³-hybridized carbons (Fsp3) is 0.238. The van der Waals surface area contributed by atoms with Crippen LogP contribution in [0.5, 0.6) is 5.75 Å². The maximum atomic E-state index is 6.12. The molecule has 0 atom stereocenters. The van der Waals surface area contributed by atoms with Crippen molar-refractivity contribution in [2.24, 2.45) is 0 Å². The fourth-order valence-electron chi connectivity index (χ4n) is 2.92. The zero-order valence-electron chi connectivity index (χ0n) is 14.9. The minimum absolute atomic E-state index is 0.544. The number of hydrogen-bond acceptors (Lipinski definition) is 4. The molecule has 4 nitrogen and oxygen atoms in total. The molecule has 3 aromatic rings. The van der Waals surface area contributed by atoms with E-state index in [1.807, 2.05) is 32.2 Å². The van der Waals surface area contributed by atoms with Crippen LogP contribution < -0.4 is 10.1 Å². The average Bonchev–Trinajstić information content (AvgIpc) is 2.67. The van der Waals surface area contributed by atoms with Gasteiger partial charge in [-0.2, -0.15) is 0 Å². The summed E-state index contributed by atoms with van der Waals surface area (Å²) in [7, 11) is 1.94. The Bertz CT molecular complexity index is 825. The number of benzene rings is 2. The maximum absolute atomic E-state index is 6.12. The molecule has 0 spiro atoms. The lowest BCUT2D eigenvalue weighted by atomic mass is 10.0. The lowest BCUT2D eigenvalue weighted by Gasteiger charge is -2.16. The number of aromatic nitrogens is 2. The fourth-order valence-corrected chi connectivity index (χ4v) is 2.92. The molecule has 2 aromatic carbocycles. The Hall–Kier alpha value is -2.88. The Morgan fingerprint density at radius 1 is 1.04 bits per heavy atom. The summed E-state index contributed by atoms with van der Waals surface area (Å²) in [5.74, 6) is 1.61. The molecule has 0 saturated heterocycles. The molecule has 1 heterocycles. The molecule has 0 fully saturated rings. The summed E-state index contributed by atoms with van der Waals surface area (Å²) in [6.07, 6.45) is 4.49. The van der Waals surface area contributed by atoms with E-state index in [0.717, 1.165) is 34.8 Å². The summed E-state index contributed by atoms with van der Waals surface area (Å²) >= 11 is 0. The third kappa shape index (κ3) is 3.79. The molecule has 1 N–H and O–H groups in total. The van der Waals surface area contributed by atoms with Crippen LogP contribution in [-0.4, -0.2) is 17.0 Å². The Kier molecular flexibility index (Phi) is 5.29.